The Morgan fingerprint density at radius 2 is 2.25 bits per heavy atom. The summed E-state index contributed by atoms with van der Waals surface area (Å²) in [6.45, 7) is 4.38. The Kier molecular flexibility index (Phi) is 2.19. The van der Waals surface area contributed by atoms with Crippen LogP contribution in [-0.4, -0.2) is 26.9 Å². The Hall–Kier alpha value is 0.750. The monoisotopic (exact) mass is 230 g/mol. The average molecular weight is 228 g/mol. The van der Waals surface area contributed by atoms with Crippen LogP contribution in [0.2, 0.25) is 4.47 Å². The van der Waals surface area contributed by atoms with Gasteiger partial charge in [0.1, 0.15) is 0 Å². The first kappa shape index (κ1) is 6.86. The fourth-order valence-corrected chi connectivity index (χ4v) is 2.93. The Morgan fingerprint density at radius 3 is 2.50 bits per heavy atom. The van der Waals surface area contributed by atoms with E-state index in [1.54, 1.807) is 0 Å². The quantitative estimate of drug-likeness (QED) is 0.572. The van der Waals surface area contributed by atoms with Crippen LogP contribution in [0.25, 0.3) is 0 Å². The van der Waals surface area contributed by atoms with E-state index in [0.29, 0.717) is 0 Å². The van der Waals surface area contributed by atoms with E-state index < -0.39 is 0 Å². The molecule has 0 spiro atoms. The van der Waals surface area contributed by atoms with Crippen molar-refractivity contribution in [1.82, 2.24) is 0 Å². The van der Waals surface area contributed by atoms with E-state index in [-0.39, 0.29) is 26.9 Å². The second-order valence-corrected chi connectivity index (χ2v) is 5.08. The molecule has 1 heterocycles. The summed E-state index contributed by atoms with van der Waals surface area (Å²) < 4.78 is 6.98. The molecule has 0 aromatic heterocycles. The minimum absolute atomic E-state index is 0.0278. The third-order valence-electron chi connectivity index (χ3n) is 1.29. The summed E-state index contributed by atoms with van der Waals surface area (Å²) in [5.41, 5.74) is 0.237. The maximum absolute atomic E-state index is 5.60. The minimum atomic E-state index is -0.0278. The normalized spacial score (nSPS) is 27.8. The van der Waals surface area contributed by atoms with Gasteiger partial charge in [0.25, 0.3) is 0 Å². The number of hydrogen-bond donors (Lipinski definition) is 0. The predicted octanol–water partition coefficient (Wildman–Crippen LogP) is 1.61. The van der Waals surface area contributed by atoms with Gasteiger partial charge in [0.15, 0.2) is 0 Å². The van der Waals surface area contributed by atoms with Gasteiger partial charge in [-0.3, -0.25) is 0 Å². The van der Waals surface area contributed by atoms with Gasteiger partial charge in [0, 0.05) is 0 Å². The second-order valence-electron chi connectivity index (χ2n) is 2.77. The van der Waals surface area contributed by atoms with Gasteiger partial charge in [-0.2, -0.15) is 0 Å². The fourth-order valence-electron chi connectivity index (χ4n) is 0.800. The van der Waals surface area contributed by atoms with Crippen LogP contribution < -0.4 is 0 Å². The molecule has 0 aliphatic carbocycles. The SMILES string of the molecule is CC1(C)CCC[Te]O1. The Bertz CT molecular complexity index is 72.6. The van der Waals surface area contributed by atoms with Crippen molar-refractivity contribution in [2.75, 3.05) is 0 Å². The van der Waals surface area contributed by atoms with E-state index in [9.17, 15) is 0 Å². The first-order valence-electron chi connectivity index (χ1n) is 3.01. The topological polar surface area (TPSA) is 9.23 Å². The molecule has 2 heteroatoms. The first-order valence-corrected chi connectivity index (χ1v) is 5.61. The van der Waals surface area contributed by atoms with Crippen molar-refractivity contribution in [3.8, 4) is 0 Å². The zero-order chi connectivity index (χ0) is 6.04. The van der Waals surface area contributed by atoms with Gasteiger partial charge in [0.2, 0.25) is 0 Å². The molecule has 0 radical (unpaired) electrons. The Labute approximate surface area is 61.4 Å². The summed E-state index contributed by atoms with van der Waals surface area (Å²) >= 11 is -0.0278. The molecule has 1 fully saturated rings. The molecular weight excluding hydrogens is 216 g/mol. The third-order valence-corrected chi connectivity index (χ3v) is 4.21. The van der Waals surface area contributed by atoms with E-state index in [1.165, 1.54) is 17.3 Å². The molecule has 0 bridgehead atoms. The third kappa shape index (κ3) is 1.93. The molecule has 1 rings (SSSR count). The van der Waals surface area contributed by atoms with Crippen LogP contribution in [0.15, 0.2) is 0 Å². The van der Waals surface area contributed by atoms with E-state index in [2.05, 4.69) is 13.8 Å². The van der Waals surface area contributed by atoms with Crippen molar-refractivity contribution >= 4 is 21.3 Å². The molecule has 0 N–H and O–H groups in total. The van der Waals surface area contributed by atoms with Crippen molar-refractivity contribution in [3.63, 3.8) is 0 Å². The average Bonchev–Trinajstić information content (AvgIpc) is 1.65. The fraction of sp³-hybridized carbons (Fsp3) is 1.00. The van der Waals surface area contributed by atoms with Crippen LogP contribution in [0.4, 0.5) is 0 Å². The second kappa shape index (κ2) is 2.56. The number of hydrogen-bond acceptors (Lipinski definition) is 1. The van der Waals surface area contributed by atoms with Crippen LogP contribution in [0, 0.1) is 0 Å². The van der Waals surface area contributed by atoms with Gasteiger partial charge in [-0.15, -0.1) is 0 Å². The molecule has 0 saturated carbocycles. The van der Waals surface area contributed by atoms with Gasteiger partial charge < -0.3 is 0 Å². The van der Waals surface area contributed by atoms with Crippen LogP contribution in [0.1, 0.15) is 26.7 Å². The molecule has 48 valence electrons. The molecule has 0 aromatic rings. The van der Waals surface area contributed by atoms with Crippen molar-refractivity contribution in [1.29, 1.82) is 0 Å². The van der Waals surface area contributed by atoms with Crippen molar-refractivity contribution in [2.45, 2.75) is 36.8 Å². The van der Waals surface area contributed by atoms with Gasteiger partial charge in [-0.25, -0.2) is 0 Å². The maximum atomic E-state index is 5.60. The standard InChI is InChI=1S/C6H12OTe/c1-6(2)4-3-5-8-7-6/h3-5H2,1-2H3. The molecular formula is C6H12OTe. The van der Waals surface area contributed by atoms with Crippen LogP contribution in [-0.2, 0) is 3.10 Å². The van der Waals surface area contributed by atoms with Gasteiger partial charge in [-0.1, -0.05) is 0 Å². The molecule has 1 saturated heterocycles. The molecule has 1 aliphatic rings. The van der Waals surface area contributed by atoms with Crippen LogP contribution >= 0.6 is 0 Å². The molecule has 1 aliphatic heterocycles. The summed E-state index contributed by atoms with van der Waals surface area (Å²) in [4.78, 5) is 0. The zero-order valence-corrected chi connectivity index (χ0v) is 7.77. The van der Waals surface area contributed by atoms with Crippen molar-refractivity contribution < 1.29 is 3.10 Å². The summed E-state index contributed by atoms with van der Waals surface area (Å²) in [5, 5.41) is 0. The van der Waals surface area contributed by atoms with Crippen molar-refractivity contribution in [2.24, 2.45) is 0 Å². The predicted molar refractivity (Wildman–Crippen MR) is 35.0 cm³/mol. The zero-order valence-electron chi connectivity index (χ0n) is 5.44. The van der Waals surface area contributed by atoms with Gasteiger partial charge in [-0.05, 0) is 0 Å². The van der Waals surface area contributed by atoms with Gasteiger partial charge >= 0.3 is 61.2 Å². The summed E-state index contributed by atoms with van der Waals surface area (Å²) in [7, 11) is 0. The molecule has 1 nitrogen and oxygen atoms in total. The van der Waals surface area contributed by atoms with E-state index in [1.807, 2.05) is 0 Å². The Morgan fingerprint density at radius 1 is 1.50 bits per heavy atom. The summed E-state index contributed by atoms with van der Waals surface area (Å²) in [6, 6.07) is 0. The summed E-state index contributed by atoms with van der Waals surface area (Å²) in [6.07, 6.45) is 2.66. The van der Waals surface area contributed by atoms with E-state index in [0.717, 1.165) is 0 Å². The molecule has 0 atom stereocenters. The number of rotatable bonds is 0. The van der Waals surface area contributed by atoms with Crippen LogP contribution in [0.5, 0.6) is 0 Å². The van der Waals surface area contributed by atoms with E-state index >= 15 is 0 Å². The molecule has 8 heavy (non-hydrogen) atoms. The summed E-state index contributed by atoms with van der Waals surface area (Å²) in [5.74, 6) is 0. The van der Waals surface area contributed by atoms with Gasteiger partial charge in [0.05, 0.1) is 0 Å². The Balaban J connectivity index is 2.33. The van der Waals surface area contributed by atoms with Crippen molar-refractivity contribution in [3.05, 3.63) is 0 Å². The van der Waals surface area contributed by atoms with Crippen LogP contribution in [0.3, 0.4) is 0 Å². The molecule has 0 aromatic carbocycles. The molecule has 0 amide bonds. The first-order chi connectivity index (χ1) is 3.71. The van der Waals surface area contributed by atoms with E-state index in [4.69, 9.17) is 3.10 Å². The molecule has 0 unspecified atom stereocenters.